The Labute approximate surface area is 214 Å². The average molecular weight is 501 g/mol. The quantitative estimate of drug-likeness (QED) is 0.442. The molecule has 0 unspecified atom stereocenters. The third kappa shape index (κ3) is 4.11. The molecule has 1 saturated heterocycles. The van der Waals surface area contributed by atoms with Gasteiger partial charge in [0, 0.05) is 49.6 Å². The van der Waals surface area contributed by atoms with Crippen LogP contribution in [0.3, 0.4) is 0 Å². The highest BCUT2D eigenvalue weighted by Crippen LogP contribution is 2.31. The maximum Gasteiger partial charge on any atom is 0.299 e. The highest BCUT2D eigenvalue weighted by atomic mass is 16.1. The number of aromatic nitrogens is 7. The first-order valence-corrected chi connectivity index (χ1v) is 13.6. The predicted molar refractivity (Wildman–Crippen MR) is 141 cm³/mol. The van der Waals surface area contributed by atoms with E-state index in [1.165, 1.54) is 35.9 Å². The third-order valence-corrected chi connectivity index (χ3v) is 8.42. The van der Waals surface area contributed by atoms with E-state index in [2.05, 4.69) is 59.9 Å². The summed E-state index contributed by atoms with van der Waals surface area (Å²) in [5.41, 5.74) is 3.35. The van der Waals surface area contributed by atoms with E-state index < -0.39 is 0 Å². The minimum absolute atomic E-state index is 0.105. The third-order valence-electron chi connectivity index (χ3n) is 8.42. The molecule has 3 fully saturated rings. The van der Waals surface area contributed by atoms with Crippen molar-refractivity contribution in [3.05, 3.63) is 40.8 Å². The molecule has 2 aliphatic carbocycles. The topological polar surface area (TPSA) is 109 Å². The molecule has 7 rings (SSSR count). The van der Waals surface area contributed by atoms with Crippen molar-refractivity contribution < 1.29 is 0 Å². The molecular formula is C26H32N10O. The second kappa shape index (κ2) is 9.37. The Morgan fingerprint density at radius 2 is 1.54 bits per heavy atom. The number of nitrogens with one attached hydrogen (secondary N) is 1. The lowest BCUT2D eigenvalue weighted by Gasteiger charge is -2.39. The second-order valence-corrected chi connectivity index (χ2v) is 10.6. The van der Waals surface area contributed by atoms with Crippen molar-refractivity contribution >= 4 is 34.1 Å². The van der Waals surface area contributed by atoms with Crippen LogP contribution in [0.1, 0.15) is 57.4 Å². The van der Waals surface area contributed by atoms with E-state index in [-0.39, 0.29) is 17.2 Å². The zero-order valence-corrected chi connectivity index (χ0v) is 21.0. The van der Waals surface area contributed by atoms with Crippen molar-refractivity contribution in [2.75, 3.05) is 36.4 Å². The summed E-state index contributed by atoms with van der Waals surface area (Å²) >= 11 is 0. The highest BCUT2D eigenvalue weighted by molar-refractivity contribution is 5.74. The molecule has 11 nitrogen and oxygen atoms in total. The first-order valence-electron chi connectivity index (χ1n) is 13.6. The Kier molecular flexibility index (Phi) is 5.72. The minimum Gasteiger partial charge on any atom is -0.369 e. The zero-order valence-electron chi connectivity index (χ0n) is 21.0. The van der Waals surface area contributed by atoms with Crippen molar-refractivity contribution in [3.8, 4) is 0 Å². The van der Waals surface area contributed by atoms with Gasteiger partial charge in [-0.3, -0.25) is 14.3 Å². The Morgan fingerprint density at radius 3 is 2.27 bits per heavy atom. The number of tetrazole rings is 1. The van der Waals surface area contributed by atoms with Gasteiger partial charge in [0.15, 0.2) is 5.65 Å². The first kappa shape index (κ1) is 22.6. The fourth-order valence-electron chi connectivity index (χ4n) is 6.44. The molecule has 0 atom stereocenters. The Hall–Kier alpha value is -3.60. The largest absolute Gasteiger partial charge is 0.369 e. The minimum atomic E-state index is -0.202. The van der Waals surface area contributed by atoms with Crippen LogP contribution in [0, 0.1) is 0 Å². The molecular weight excluding hydrogens is 468 g/mol. The van der Waals surface area contributed by atoms with E-state index >= 15 is 0 Å². The van der Waals surface area contributed by atoms with Gasteiger partial charge in [-0.2, -0.15) is 9.50 Å². The van der Waals surface area contributed by atoms with Crippen LogP contribution >= 0.6 is 0 Å². The van der Waals surface area contributed by atoms with Crippen LogP contribution in [0.2, 0.25) is 0 Å². The molecule has 11 heteroatoms. The summed E-state index contributed by atoms with van der Waals surface area (Å²) < 4.78 is 3.21. The maximum absolute atomic E-state index is 13.3. The van der Waals surface area contributed by atoms with E-state index in [9.17, 15) is 4.79 Å². The van der Waals surface area contributed by atoms with Crippen molar-refractivity contribution in [2.24, 2.45) is 0 Å². The molecule has 0 spiro atoms. The van der Waals surface area contributed by atoms with E-state index in [1.54, 1.807) is 10.8 Å². The van der Waals surface area contributed by atoms with Crippen molar-refractivity contribution in [2.45, 2.75) is 63.5 Å². The van der Waals surface area contributed by atoms with Gasteiger partial charge in [-0.05, 0) is 60.4 Å². The van der Waals surface area contributed by atoms with E-state index in [1.807, 2.05) is 0 Å². The van der Waals surface area contributed by atoms with E-state index in [0.29, 0.717) is 17.1 Å². The SMILES string of the molecule is O=c1c2nnnn2c2cnc(Nc3ccc(N4CCN(C5CCCC5)CC4)cc3)nc2n1C1CCCC1. The number of benzene rings is 1. The molecule has 37 heavy (non-hydrogen) atoms. The normalized spacial score (nSPS) is 19.9. The predicted octanol–water partition coefficient (Wildman–Crippen LogP) is 3.15. The molecule has 192 valence electrons. The number of fused-ring (bicyclic) bond motifs is 3. The van der Waals surface area contributed by atoms with Gasteiger partial charge >= 0.3 is 0 Å². The Balaban J connectivity index is 1.12. The molecule has 3 aromatic heterocycles. The molecule has 1 aliphatic heterocycles. The van der Waals surface area contributed by atoms with Crippen LogP contribution in [-0.2, 0) is 0 Å². The van der Waals surface area contributed by atoms with Gasteiger partial charge in [-0.25, -0.2) is 4.98 Å². The number of hydrogen-bond acceptors (Lipinski definition) is 9. The fraction of sp³-hybridized carbons (Fsp3) is 0.538. The summed E-state index contributed by atoms with van der Waals surface area (Å²) in [5, 5.41) is 15.0. The van der Waals surface area contributed by atoms with Crippen molar-refractivity contribution in [1.29, 1.82) is 0 Å². The van der Waals surface area contributed by atoms with Crippen LogP contribution in [0.4, 0.5) is 17.3 Å². The van der Waals surface area contributed by atoms with Gasteiger partial charge in [0.1, 0.15) is 5.52 Å². The lowest BCUT2D eigenvalue weighted by molar-refractivity contribution is 0.187. The number of piperazine rings is 1. The summed E-state index contributed by atoms with van der Waals surface area (Å²) in [5.74, 6) is 0.448. The summed E-state index contributed by atoms with van der Waals surface area (Å²) in [7, 11) is 0. The van der Waals surface area contributed by atoms with Crippen LogP contribution in [0.25, 0.3) is 16.8 Å². The van der Waals surface area contributed by atoms with Gasteiger partial charge in [-0.1, -0.05) is 25.7 Å². The number of hydrogen-bond donors (Lipinski definition) is 1. The molecule has 3 aliphatic rings. The van der Waals surface area contributed by atoms with Crippen LogP contribution in [-0.4, -0.2) is 71.7 Å². The molecule has 4 heterocycles. The van der Waals surface area contributed by atoms with Gasteiger partial charge in [-0.15, -0.1) is 5.10 Å². The van der Waals surface area contributed by atoms with Crippen molar-refractivity contribution in [3.63, 3.8) is 0 Å². The van der Waals surface area contributed by atoms with Gasteiger partial charge in [0.05, 0.1) is 6.20 Å². The van der Waals surface area contributed by atoms with Gasteiger partial charge < -0.3 is 10.2 Å². The smallest absolute Gasteiger partial charge is 0.299 e. The lowest BCUT2D eigenvalue weighted by Crippen LogP contribution is -2.49. The van der Waals surface area contributed by atoms with Crippen LogP contribution < -0.4 is 15.8 Å². The molecule has 1 N–H and O–H groups in total. The number of rotatable bonds is 5. The van der Waals surface area contributed by atoms with Crippen LogP contribution in [0.15, 0.2) is 35.3 Å². The summed E-state index contributed by atoms with van der Waals surface area (Å²) in [6.45, 7) is 4.43. The molecule has 2 saturated carbocycles. The monoisotopic (exact) mass is 500 g/mol. The van der Waals surface area contributed by atoms with Crippen LogP contribution in [0.5, 0.6) is 0 Å². The zero-order chi connectivity index (χ0) is 24.8. The fourth-order valence-corrected chi connectivity index (χ4v) is 6.44. The highest BCUT2D eigenvalue weighted by Gasteiger charge is 2.27. The molecule has 0 radical (unpaired) electrons. The maximum atomic E-state index is 13.3. The molecule has 0 bridgehead atoms. The lowest BCUT2D eigenvalue weighted by atomic mass is 10.1. The summed E-state index contributed by atoms with van der Waals surface area (Å²) in [4.78, 5) is 27.7. The summed E-state index contributed by atoms with van der Waals surface area (Å²) in [6.07, 6.45) is 11.3. The number of anilines is 3. The van der Waals surface area contributed by atoms with Gasteiger partial charge in [0.2, 0.25) is 11.6 Å². The average Bonchev–Trinajstić information content (AvgIpc) is 3.73. The Morgan fingerprint density at radius 1 is 0.838 bits per heavy atom. The number of nitrogens with zero attached hydrogens (tertiary/aromatic N) is 9. The first-order chi connectivity index (χ1) is 18.2. The summed E-state index contributed by atoms with van der Waals surface area (Å²) in [6, 6.07) is 9.37. The second-order valence-electron chi connectivity index (χ2n) is 10.6. The molecule has 0 amide bonds. The van der Waals surface area contributed by atoms with Gasteiger partial charge in [0.25, 0.3) is 5.56 Å². The molecule has 4 aromatic rings. The Bertz CT molecular complexity index is 1460. The standard InChI is InChI=1S/C26H32N10O/c37-25-24-30-31-32-36(24)22-17-27-26(29-23(22)35(25)21-7-3-4-8-21)28-18-9-11-20(12-10-18)34-15-13-33(14-16-34)19-5-1-2-6-19/h9-12,17,19,21H,1-8,13-16H2,(H,27,28,29). The van der Waals surface area contributed by atoms with Crippen molar-refractivity contribution in [1.82, 2.24) is 39.5 Å². The van der Waals surface area contributed by atoms with E-state index in [0.717, 1.165) is 63.6 Å². The van der Waals surface area contributed by atoms with E-state index in [4.69, 9.17) is 4.98 Å². The molecule has 1 aromatic carbocycles.